The van der Waals surface area contributed by atoms with Crippen LogP contribution in [-0.2, 0) is 0 Å². The number of benzene rings is 1. The molecule has 1 amide bonds. The van der Waals surface area contributed by atoms with Gasteiger partial charge in [-0.05, 0) is 18.2 Å². The minimum Gasteiger partial charge on any atom is -0.351 e. The summed E-state index contributed by atoms with van der Waals surface area (Å²) in [6.45, 7) is 2.33. The molecule has 0 radical (unpaired) electrons. The molecular formula is C10H10BrClFNO. The molecule has 1 rings (SSSR count). The number of hydrogen-bond donors (Lipinski definition) is 1. The largest absolute Gasteiger partial charge is 0.351 e. The smallest absolute Gasteiger partial charge is 0.254 e. The predicted molar refractivity (Wildman–Crippen MR) is 62.1 cm³/mol. The first kappa shape index (κ1) is 12.5. The SMILES string of the molecule is CC(Br)CNC(=O)c1ccc(Cl)cc1F. The van der Waals surface area contributed by atoms with Gasteiger partial charge in [0, 0.05) is 16.4 Å². The average molecular weight is 295 g/mol. The summed E-state index contributed by atoms with van der Waals surface area (Å²) in [5.74, 6) is -1.04. The third kappa shape index (κ3) is 3.80. The van der Waals surface area contributed by atoms with Gasteiger partial charge in [0.15, 0.2) is 0 Å². The van der Waals surface area contributed by atoms with Crippen molar-refractivity contribution < 1.29 is 9.18 Å². The number of amides is 1. The van der Waals surface area contributed by atoms with Crippen LogP contribution in [0.1, 0.15) is 17.3 Å². The summed E-state index contributed by atoms with van der Waals surface area (Å²) in [4.78, 5) is 11.6. The highest BCUT2D eigenvalue weighted by Crippen LogP contribution is 2.14. The van der Waals surface area contributed by atoms with Gasteiger partial charge in [0.2, 0.25) is 0 Å². The van der Waals surface area contributed by atoms with E-state index < -0.39 is 11.7 Å². The maximum atomic E-state index is 13.3. The van der Waals surface area contributed by atoms with Crippen molar-refractivity contribution in [2.24, 2.45) is 0 Å². The molecule has 2 nitrogen and oxygen atoms in total. The maximum Gasteiger partial charge on any atom is 0.254 e. The Kier molecular flexibility index (Phi) is 4.54. The Morgan fingerprint density at radius 2 is 2.33 bits per heavy atom. The Balaban J connectivity index is 2.74. The summed E-state index contributed by atoms with van der Waals surface area (Å²) in [6.07, 6.45) is 0. The van der Waals surface area contributed by atoms with Crippen LogP contribution < -0.4 is 5.32 Å². The topological polar surface area (TPSA) is 29.1 Å². The van der Waals surface area contributed by atoms with Crippen LogP contribution in [0, 0.1) is 5.82 Å². The molecule has 0 aliphatic rings. The van der Waals surface area contributed by atoms with E-state index in [0.717, 1.165) is 6.07 Å². The maximum absolute atomic E-state index is 13.3. The van der Waals surface area contributed by atoms with Crippen molar-refractivity contribution in [2.45, 2.75) is 11.8 Å². The van der Waals surface area contributed by atoms with Crippen molar-refractivity contribution in [2.75, 3.05) is 6.54 Å². The molecule has 0 spiro atoms. The molecule has 0 aliphatic heterocycles. The second kappa shape index (κ2) is 5.47. The lowest BCUT2D eigenvalue weighted by Crippen LogP contribution is -2.29. The highest BCUT2D eigenvalue weighted by Gasteiger charge is 2.11. The highest BCUT2D eigenvalue weighted by molar-refractivity contribution is 9.09. The Morgan fingerprint density at radius 1 is 1.67 bits per heavy atom. The molecule has 5 heteroatoms. The van der Waals surface area contributed by atoms with E-state index in [4.69, 9.17) is 11.6 Å². The van der Waals surface area contributed by atoms with Crippen molar-refractivity contribution >= 4 is 33.4 Å². The number of carbonyl (C=O) groups is 1. The Hall–Kier alpha value is -0.610. The Morgan fingerprint density at radius 3 is 2.87 bits per heavy atom. The van der Waals surface area contributed by atoms with Gasteiger partial charge in [-0.3, -0.25) is 4.79 Å². The lowest BCUT2D eigenvalue weighted by molar-refractivity contribution is 0.0950. The zero-order valence-electron chi connectivity index (χ0n) is 8.06. The number of alkyl halides is 1. The zero-order chi connectivity index (χ0) is 11.4. The second-order valence-electron chi connectivity index (χ2n) is 3.11. The van der Waals surface area contributed by atoms with Crippen molar-refractivity contribution in [1.82, 2.24) is 5.32 Å². The fourth-order valence-electron chi connectivity index (χ4n) is 1.00. The van der Waals surface area contributed by atoms with Gasteiger partial charge in [-0.1, -0.05) is 34.5 Å². The normalized spacial score (nSPS) is 12.3. The van der Waals surface area contributed by atoms with Gasteiger partial charge in [-0.2, -0.15) is 0 Å². The molecule has 0 heterocycles. The molecule has 1 unspecified atom stereocenters. The summed E-state index contributed by atoms with van der Waals surface area (Å²) in [7, 11) is 0. The Labute approximate surface area is 101 Å². The van der Waals surface area contributed by atoms with E-state index in [-0.39, 0.29) is 15.4 Å². The molecule has 0 saturated carbocycles. The minimum absolute atomic E-state index is 0.00699. The van der Waals surface area contributed by atoms with Crippen LogP contribution in [-0.4, -0.2) is 17.3 Å². The molecule has 0 aliphatic carbocycles. The van der Waals surface area contributed by atoms with Crippen LogP contribution in [0.15, 0.2) is 18.2 Å². The van der Waals surface area contributed by atoms with Gasteiger partial charge in [-0.25, -0.2) is 4.39 Å². The van der Waals surface area contributed by atoms with Crippen molar-refractivity contribution in [3.05, 3.63) is 34.6 Å². The van der Waals surface area contributed by atoms with Gasteiger partial charge >= 0.3 is 0 Å². The standard InChI is InChI=1S/C10H10BrClFNO/c1-6(11)5-14-10(15)8-3-2-7(12)4-9(8)13/h2-4,6H,5H2,1H3,(H,14,15). The molecule has 82 valence electrons. The number of halogens is 3. The van der Waals surface area contributed by atoms with Crippen LogP contribution in [0.25, 0.3) is 0 Å². The quantitative estimate of drug-likeness (QED) is 0.853. The van der Waals surface area contributed by atoms with Gasteiger partial charge < -0.3 is 5.32 Å². The van der Waals surface area contributed by atoms with Crippen LogP contribution in [0.3, 0.4) is 0 Å². The molecule has 1 N–H and O–H groups in total. The number of rotatable bonds is 3. The van der Waals surface area contributed by atoms with Crippen LogP contribution in [0.4, 0.5) is 4.39 Å². The molecule has 15 heavy (non-hydrogen) atoms. The van der Waals surface area contributed by atoms with E-state index in [1.54, 1.807) is 0 Å². The van der Waals surface area contributed by atoms with Crippen molar-refractivity contribution in [3.63, 3.8) is 0 Å². The van der Waals surface area contributed by atoms with E-state index in [9.17, 15) is 9.18 Å². The van der Waals surface area contributed by atoms with Gasteiger partial charge in [0.25, 0.3) is 5.91 Å². The lowest BCUT2D eigenvalue weighted by atomic mass is 10.2. The summed E-state index contributed by atoms with van der Waals surface area (Å²) in [5, 5.41) is 2.87. The third-order valence-corrected chi connectivity index (χ3v) is 2.28. The van der Waals surface area contributed by atoms with E-state index in [1.165, 1.54) is 12.1 Å². The Bertz CT molecular complexity index is 370. The van der Waals surface area contributed by atoms with Gasteiger partial charge in [0.1, 0.15) is 5.82 Å². The van der Waals surface area contributed by atoms with Crippen molar-refractivity contribution in [3.8, 4) is 0 Å². The van der Waals surface area contributed by atoms with Crippen LogP contribution in [0.2, 0.25) is 5.02 Å². The molecule has 1 aromatic carbocycles. The summed E-state index contributed by atoms with van der Waals surface area (Å²) in [5.41, 5.74) is 0.00699. The molecule has 1 aromatic rings. The number of carbonyl (C=O) groups excluding carboxylic acids is 1. The van der Waals surface area contributed by atoms with E-state index >= 15 is 0 Å². The van der Waals surface area contributed by atoms with Gasteiger partial charge in [-0.15, -0.1) is 0 Å². The minimum atomic E-state index is -0.609. The van der Waals surface area contributed by atoms with Crippen molar-refractivity contribution in [1.29, 1.82) is 0 Å². The van der Waals surface area contributed by atoms with E-state index in [2.05, 4.69) is 21.2 Å². The third-order valence-electron chi connectivity index (χ3n) is 1.72. The fraction of sp³-hybridized carbons (Fsp3) is 0.300. The molecule has 0 saturated heterocycles. The number of nitrogens with one attached hydrogen (secondary N) is 1. The summed E-state index contributed by atoms with van der Waals surface area (Å²) >= 11 is 8.85. The zero-order valence-corrected chi connectivity index (χ0v) is 10.4. The molecule has 0 fully saturated rings. The number of hydrogen-bond acceptors (Lipinski definition) is 1. The first-order valence-corrected chi connectivity index (χ1v) is 5.67. The fourth-order valence-corrected chi connectivity index (χ4v) is 1.32. The highest BCUT2D eigenvalue weighted by atomic mass is 79.9. The molecule has 0 aromatic heterocycles. The van der Waals surface area contributed by atoms with E-state index in [1.807, 2.05) is 6.92 Å². The summed E-state index contributed by atoms with van der Waals surface area (Å²) in [6, 6.07) is 3.97. The second-order valence-corrected chi connectivity index (χ2v) is 5.11. The monoisotopic (exact) mass is 293 g/mol. The average Bonchev–Trinajstić information content (AvgIpc) is 2.14. The first-order chi connectivity index (χ1) is 7.00. The predicted octanol–water partition coefficient (Wildman–Crippen LogP) is 2.99. The molecule has 0 bridgehead atoms. The first-order valence-electron chi connectivity index (χ1n) is 4.38. The lowest BCUT2D eigenvalue weighted by Gasteiger charge is -2.07. The summed E-state index contributed by atoms with van der Waals surface area (Å²) < 4.78 is 13.3. The van der Waals surface area contributed by atoms with Gasteiger partial charge in [0.05, 0.1) is 5.56 Å². The van der Waals surface area contributed by atoms with E-state index in [0.29, 0.717) is 6.54 Å². The van der Waals surface area contributed by atoms with Crippen LogP contribution >= 0.6 is 27.5 Å². The molecule has 1 atom stereocenters. The molecular weight excluding hydrogens is 284 g/mol. The van der Waals surface area contributed by atoms with Crippen LogP contribution in [0.5, 0.6) is 0 Å².